The molecule has 0 fully saturated rings. The summed E-state index contributed by atoms with van der Waals surface area (Å²) >= 11 is 0. The molecule has 140 valence electrons. The van der Waals surface area contributed by atoms with Crippen molar-refractivity contribution in [3.05, 3.63) is 90.0 Å². The molecule has 0 amide bonds. The lowest BCUT2D eigenvalue weighted by Gasteiger charge is -2.43. The molecule has 1 aliphatic rings. The highest BCUT2D eigenvalue weighted by atomic mass is 15.2. The van der Waals surface area contributed by atoms with Gasteiger partial charge < -0.3 is 4.90 Å². The van der Waals surface area contributed by atoms with Gasteiger partial charge in [0, 0.05) is 22.4 Å². The number of anilines is 3. The first-order valence-corrected chi connectivity index (χ1v) is 9.71. The summed E-state index contributed by atoms with van der Waals surface area (Å²) < 4.78 is 0. The van der Waals surface area contributed by atoms with Gasteiger partial charge in [-0.3, -0.25) is 4.99 Å². The summed E-state index contributed by atoms with van der Waals surface area (Å²) in [6.45, 7) is 12.8. The van der Waals surface area contributed by atoms with E-state index in [1.807, 2.05) is 19.9 Å². The van der Waals surface area contributed by atoms with E-state index in [9.17, 15) is 0 Å². The molecule has 0 saturated carbocycles. The van der Waals surface area contributed by atoms with Gasteiger partial charge in [-0.25, -0.2) is 0 Å². The third-order valence-electron chi connectivity index (χ3n) is 5.45. The number of hydrogen-bond donors (Lipinski definition) is 0. The minimum Gasteiger partial charge on any atom is -0.310 e. The molecule has 0 unspecified atom stereocenters. The van der Waals surface area contributed by atoms with Crippen molar-refractivity contribution in [1.29, 1.82) is 0 Å². The monoisotopic (exact) mass is 366 g/mol. The highest BCUT2D eigenvalue weighted by molar-refractivity contribution is 5.91. The second-order valence-corrected chi connectivity index (χ2v) is 7.97. The molecule has 0 spiro atoms. The summed E-state index contributed by atoms with van der Waals surface area (Å²) in [6.07, 6.45) is 1.96. The second-order valence-electron chi connectivity index (χ2n) is 7.97. The van der Waals surface area contributed by atoms with Crippen molar-refractivity contribution in [2.24, 2.45) is 4.99 Å². The number of aliphatic imine (C=N–C) groups is 1. The van der Waals surface area contributed by atoms with Crippen LogP contribution in [0.1, 0.15) is 44.4 Å². The van der Waals surface area contributed by atoms with Gasteiger partial charge in [-0.05, 0) is 55.3 Å². The molecule has 0 radical (unpaired) electrons. The Hall–Kier alpha value is -3.13. The smallest absolute Gasteiger partial charge is 0.0705 e. The zero-order chi connectivity index (χ0) is 19.9. The molecule has 3 aromatic rings. The van der Waals surface area contributed by atoms with Crippen LogP contribution in [0, 0.1) is 0 Å². The fourth-order valence-corrected chi connectivity index (χ4v) is 4.30. The van der Waals surface area contributed by atoms with Crippen LogP contribution in [0.4, 0.5) is 22.7 Å². The third-order valence-corrected chi connectivity index (χ3v) is 5.45. The van der Waals surface area contributed by atoms with Crippen molar-refractivity contribution in [3.63, 3.8) is 0 Å². The maximum atomic E-state index is 4.78. The molecule has 0 N–H and O–H groups in total. The van der Waals surface area contributed by atoms with Crippen molar-refractivity contribution in [2.45, 2.75) is 33.1 Å². The standard InChI is InChI=1S/C26H26N2/c1-6-20-22(27-18(2)3)16-17-24-25(20)26(4,5)21-14-10-11-15-23(21)28(24)19-12-8-7-9-13-19/h6-17H,1H2,2-5H3. The molecule has 1 aliphatic heterocycles. The van der Waals surface area contributed by atoms with Gasteiger partial charge in [-0.2, -0.15) is 0 Å². The van der Waals surface area contributed by atoms with Crippen molar-refractivity contribution >= 4 is 34.5 Å². The van der Waals surface area contributed by atoms with E-state index in [1.54, 1.807) is 0 Å². The van der Waals surface area contributed by atoms with Crippen LogP contribution in [0.5, 0.6) is 0 Å². The topological polar surface area (TPSA) is 15.6 Å². The number of para-hydroxylation sites is 2. The van der Waals surface area contributed by atoms with Crippen molar-refractivity contribution in [1.82, 2.24) is 0 Å². The molecule has 0 aliphatic carbocycles. The van der Waals surface area contributed by atoms with Gasteiger partial charge in [0.25, 0.3) is 0 Å². The maximum Gasteiger partial charge on any atom is 0.0705 e. The van der Waals surface area contributed by atoms with E-state index < -0.39 is 0 Å². The van der Waals surface area contributed by atoms with Crippen molar-refractivity contribution in [3.8, 4) is 0 Å². The zero-order valence-electron chi connectivity index (χ0n) is 17.0. The lowest BCUT2D eigenvalue weighted by atomic mass is 9.71. The quantitative estimate of drug-likeness (QED) is 0.437. The van der Waals surface area contributed by atoms with Crippen LogP contribution in [0.2, 0.25) is 0 Å². The van der Waals surface area contributed by atoms with Crippen molar-refractivity contribution in [2.75, 3.05) is 4.90 Å². The average molecular weight is 367 g/mol. The summed E-state index contributed by atoms with van der Waals surface area (Å²) in [5, 5.41) is 0. The van der Waals surface area contributed by atoms with Crippen LogP contribution >= 0.6 is 0 Å². The number of nitrogens with zero attached hydrogens (tertiary/aromatic N) is 2. The van der Waals surface area contributed by atoms with Crippen LogP contribution in [-0.2, 0) is 5.41 Å². The third kappa shape index (κ3) is 2.77. The first kappa shape index (κ1) is 18.2. The number of hydrogen-bond acceptors (Lipinski definition) is 2. The van der Waals surface area contributed by atoms with Gasteiger partial charge in [0.05, 0.1) is 17.1 Å². The van der Waals surface area contributed by atoms with Crippen LogP contribution in [0.3, 0.4) is 0 Å². The Bertz CT molecular complexity index is 1070. The van der Waals surface area contributed by atoms with E-state index in [-0.39, 0.29) is 5.41 Å². The molecular weight excluding hydrogens is 340 g/mol. The molecule has 2 nitrogen and oxygen atoms in total. The molecule has 0 bridgehead atoms. The summed E-state index contributed by atoms with van der Waals surface area (Å²) in [6, 6.07) is 23.6. The van der Waals surface area contributed by atoms with Crippen molar-refractivity contribution < 1.29 is 0 Å². The predicted molar refractivity (Wildman–Crippen MR) is 122 cm³/mol. The second kappa shape index (κ2) is 6.79. The first-order valence-electron chi connectivity index (χ1n) is 9.71. The van der Waals surface area contributed by atoms with Gasteiger partial charge >= 0.3 is 0 Å². The minimum atomic E-state index is -0.159. The summed E-state index contributed by atoms with van der Waals surface area (Å²) in [7, 11) is 0. The lowest BCUT2D eigenvalue weighted by Crippen LogP contribution is -2.31. The van der Waals surface area contributed by atoms with E-state index >= 15 is 0 Å². The van der Waals surface area contributed by atoms with Crippen LogP contribution in [0.25, 0.3) is 6.08 Å². The number of fused-ring (bicyclic) bond motifs is 2. The highest BCUT2D eigenvalue weighted by Gasteiger charge is 2.38. The predicted octanol–water partition coefficient (Wildman–Crippen LogP) is 7.55. The number of rotatable bonds is 3. The van der Waals surface area contributed by atoms with E-state index in [2.05, 4.69) is 92.1 Å². The first-order chi connectivity index (χ1) is 13.4. The van der Waals surface area contributed by atoms with Crippen LogP contribution < -0.4 is 4.90 Å². The van der Waals surface area contributed by atoms with Gasteiger partial charge in [0.2, 0.25) is 0 Å². The van der Waals surface area contributed by atoms with Crippen LogP contribution in [0.15, 0.2) is 78.3 Å². The van der Waals surface area contributed by atoms with E-state index in [1.165, 1.54) is 22.5 Å². The summed E-state index contributed by atoms with van der Waals surface area (Å²) in [4.78, 5) is 7.14. The number of benzene rings is 3. The minimum absolute atomic E-state index is 0.159. The van der Waals surface area contributed by atoms with Gasteiger partial charge in [-0.1, -0.05) is 62.9 Å². The zero-order valence-corrected chi connectivity index (χ0v) is 17.0. The largest absolute Gasteiger partial charge is 0.310 e. The van der Waals surface area contributed by atoms with E-state index in [0.717, 1.165) is 22.6 Å². The van der Waals surface area contributed by atoms with Crippen LogP contribution in [-0.4, -0.2) is 5.71 Å². The lowest BCUT2D eigenvalue weighted by molar-refractivity contribution is 0.630. The SMILES string of the molecule is C=Cc1c(N=C(C)C)ccc2c1C(C)(C)c1ccccc1N2c1ccccc1. The maximum absolute atomic E-state index is 4.78. The molecule has 0 saturated heterocycles. The molecule has 1 heterocycles. The highest BCUT2D eigenvalue weighted by Crippen LogP contribution is 2.54. The molecule has 3 aromatic carbocycles. The van der Waals surface area contributed by atoms with E-state index in [4.69, 9.17) is 4.99 Å². The molecule has 28 heavy (non-hydrogen) atoms. The summed E-state index contributed by atoms with van der Waals surface area (Å²) in [5.41, 5.74) is 9.13. The molecule has 0 aromatic heterocycles. The molecule has 4 rings (SSSR count). The van der Waals surface area contributed by atoms with Gasteiger partial charge in [-0.15, -0.1) is 0 Å². The summed E-state index contributed by atoms with van der Waals surface area (Å²) in [5.74, 6) is 0. The van der Waals surface area contributed by atoms with Gasteiger partial charge in [0.1, 0.15) is 0 Å². The molecular formula is C26H26N2. The Morgan fingerprint density at radius 1 is 0.893 bits per heavy atom. The molecule has 0 atom stereocenters. The Kier molecular flexibility index (Phi) is 4.43. The van der Waals surface area contributed by atoms with E-state index in [0.29, 0.717) is 0 Å². The Morgan fingerprint density at radius 2 is 1.57 bits per heavy atom. The average Bonchev–Trinajstić information content (AvgIpc) is 2.69. The Labute approximate surface area is 167 Å². The fourth-order valence-electron chi connectivity index (χ4n) is 4.30. The Balaban J connectivity index is 2.10. The fraction of sp³-hybridized carbons (Fsp3) is 0.192. The normalized spacial score (nSPS) is 14.1. The Morgan fingerprint density at radius 3 is 2.25 bits per heavy atom. The van der Waals surface area contributed by atoms with Gasteiger partial charge in [0.15, 0.2) is 0 Å². The molecule has 2 heteroatoms.